The number of carboxylic acids is 1. The van der Waals surface area contributed by atoms with Crippen LogP contribution in [0, 0.1) is 0 Å². The summed E-state index contributed by atoms with van der Waals surface area (Å²) < 4.78 is 5.18. The van der Waals surface area contributed by atoms with Gasteiger partial charge in [-0.2, -0.15) is 0 Å². The van der Waals surface area contributed by atoms with Gasteiger partial charge in [-0.05, 0) is 18.6 Å². The number of aliphatic carboxylic acids is 1. The van der Waals surface area contributed by atoms with Crippen LogP contribution in [0.25, 0.3) is 0 Å². The molecule has 0 fully saturated rings. The highest BCUT2D eigenvalue weighted by atomic mass is 16.5. The zero-order valence-electron chi connectivity index (χ0n) is 13.2. The molecule has 0 heterocycles. The summed E-state index contributed by atoms with van der Waals surface area (Å²) in [7, 11) is 0. The van der Waals surface area contributed by atoms with Crippen molar-refractivity contribution in [3.05, 3.63) is 30.3 Å². The molecule has 1 rings (SSSR count). The third-order valence-electron chi connectivity index (χ3n) is 3.28. The fraction of sp³-hybridized carbons (Fsp3) is 0.529. The van der Waals surface area contributed by atoms with Crippen molar-refractivity contribution in [1.29, 1.82) is 0 Å². The van der Waals surface area contributed by atoms with E-state index in [9.17, 15) is 9.59 Å². The number of hydrogen-bond donors (Lipinski definition) is 1. The Morgan fingerprint density at radius 2 is 1.73 bits per heavy atom. The lowest BCUT2D eigenvalue weighted by molar-refractivity contribution is -0.142. The zero-order chi connectivity index (χ0) is 16.2. The van der Waals surface area contributed by atoms with Gasteiger partial charge in [-0.15, -0.1) is 0 Å². The molecule has 0 aliphatic carbocycles. The second-order valence-electron chi connectivity index (χ2n) is 5.22. The van der Waals surface area contributed by atoms with Crippen LogP contribution in [0.15, 0.2) is 30.3 Å². The number of nitrogens with zero attached hydrogens (tertiary/aromatic N) is 1. The van der Waals surface area contributed by atoms with Gasteiger partial charge in [0, 0.05) is 5.69 Å². The number of esters is 1. The minimum atomic E-state index is -0.976. The molecule has 1 N–H and O–H groups in total. The summed E-state index contributed by atoms with van der Waals surface area (Å²) in [4.78, 5) is 24.3. The monoisotopic (exact) mass is 307 g/mol. The second kappa shape index (κ2) is 10.7. The Morgan fingerprint density at radius 3 is 2.36 bits per heavy atom. The lowest BCUT2D eigenvalue weighted by atomic mass is 10.2. The van der Waals surface area contributed by atoms with E-state index in [0.29, 0.717) is 12.3 Å². The van der Waals surface area contributed by atoms with Crippen LogP contribution in [-0.2, 0) is 14.3 Å². The van der Waals surface area contributed by atoms with E-state index in [1.54, 1.807) is 12.1 Å². The Balaban J connectivity index is 2.38. The number of anilines is 1. The molecule has 0 saturated carbocycles. The van der Waals surface area contributed by atoms with E-state index in [1.807, 2.05) is 18.2 Å². The first-order valence-corrected chi connectivity index (χ1v) is 7.81. The molecule has 122 valence electrons. The lowest BCUT2D eigenvalue weighted by Crippen LogP contribution is -2.35. The van der Waals surface area contributed by atoms with Crippen LogP contribution in [0.4, 0.5) is 5.69 Å². The number of hydrogen-bond acceptors (Lipinski definition) is 4. The van der Waals surface area contributed by atoms with Gasteiger partial charge in [0.2, 0.25) is 0 Å². The SMILES string of the molecule is CCCCCCCOC(=O)CN(CC(=O)O)c1ccccc1. The number of carbonyl (C=O) groups is 2. The van der Waals surface area contributed by atoms with E-state index in [0.717, 1.165) is 19.3 Å². The van der Waals surface area contributed by atoms with Gasteiger partial charge < -0.3 is 14.7 Å². The summed E-state index contributed by atoms with van der Waals surface area (Å²) in [6, 6.07) is 9.02. The summed E-state index contributed by atoms with van der Waals surface area (Å²) in [6.07, 6.45) is 5.45. The molecule has 0 radical (unpaired) electrons. The number of rotatable bonds is 11. The molecule has 1 aromatic rings. The molecule has 5 nitrogen and oxygen atoms in total. The maximum absolute atomic E-state index is 11.8. The topological polar surface area (TPSA) is 66.8 Å². The molecule has 0 saturated heterocycles. The second-order valence-corrected chi connectivity index (χ2v) is 5.22. The van der Waals surface area contributed by atoms with Gasteiger partial charge in [-0.3, -0.25) is 9.59 Å². The molecule has 0 bridgehead atoms. The van der Waals surface area contributed by atoms with E-state index in [1.165, 1.54) is 17.7 Å². The number of para-hydroxylation sites is 1. The molecule has 22 heavy (non-hydrogen) atoms. The Kier molecular flexibility index (Phi) is 8.72. The van der Waals surface area contributed by atoms with Crippen molar-refractivity contribution in [2.45, 2.75) is 39.0 Å². The quantitative estimate of drug-likeness (QED) is 0.502. The van der Waals surface area contributed by atoms with Crippen molar-refractivity contribution in [3.63, 3.8) is 0 Å². The molecule has 1 aromatic carbocycles. The van der Waals surface area contributed by atoms with Crippen molar-refractivity contribution in [1.82, 2.24) is 0 Å². The van der Waals surface area contributed by atoms with Gasteiger partial charge in [-0.25, -0.2) is 0 Å². The van der Waals surface area contributed by atoms with Crippen LogP contribution < -0.4 is 4.90 Å². The van der Waals surface area contributed by atoms with E-state index in [2.05, 4.69) is 6.92 Å². The highest BCUT2D eigenvalue weighted by molar-refractivity contribution is 5.80. The lowest BCUT2D eigenvalue weighted by Gasteiger charge is -2.21. The van der Waals surface area contributed by atoms with Gasteiger partial charge in [0.15, 0.2) is 0 Å². The Morgan fingerprint density at radius 1 is 1.05 bits per heavy atom. The predicted octanol–water partition coefficient (Wildman–Crippen LogP) is 3.09. The number of carbonyl (C=O) groups excluding carboxylic acids is 1. The molecule has 0 aliphatic rings. The van der Waals surface area contributed by atoms with Crippen molar-refractivity contribution in [3.8, 4) is 0 Å². The largest absolute Gasteiger partial charge is 0.480 e. The fourth-order valence-electron chi connectivity index (χ4n) is 2.13. The number of unbranched alkanes of at least 4 members (excludes halogenated alkanes) is 4. The third-order valence-corrected chi connectivity index (χ3v) is 3.28. The molecule has 0 spiro atoms. The van der Waals surface area contributed by atoms with Crippen LogP contribution in [0.5, 0.6) is 0 Å². The minimum Gasteiger partial charge on any atom is -0.480 e. The van der Waals surface area contributed by atoms with E-state index in [-0.39, 0.29) is 19.1 Å². The smallest absolute Gasteiger partial charge is 0.325 e. The zero-order valence-corrected chi connectivity index (χ0v) is 13.2. The maximum atomic E-state index is 11.8. The van der Waals surface area contributed by atoms with Gasteiger partial charge in [0.1, 0.15) is 13.1 Å². The third kappa shape index (κ3) is 7.67. The molecular formula is C17H25NO4. The average Bonchev–Trinajstić information content (AvgIpc) is 2.50. The minimum absolute atomic E-state index is 0.0503. The standard InChI is InChI=1S/C17H25NO4/c1-2-3-4-5-9-12-22-17(21)14-18(13-16(19)20)15-10-7-6-8-11-15/h6-8,10-11H,2-5,9,12-14H2,1H3,(H,19,20). The van der Waals surface area contributed by atoms with Crippen molar-refractivity contribution >= 4 is 17.6 Å². The predicted molar refractivity (Wildman–Crippen MR) is 86.0 cm³/mol. The number of carboxylic acid groups (broad SMARTS) is 1. The highest BCUT2D eigenvalue weighted by Crippen LogP contribution is 2.13. The maximum Gasteiger partial charge on any atom is 0.325 e. The molecule has 0 aromatic heterocycles. The summed E-state index contributed by atoms with van der Waals surface area (Å²) in [5.74, 6) is -1.36. The Bertz CT molecular complexity index is 447. The Hall–Kier alpha value is -2.04. The number of ether oxygens (including phenoxy) is 1. The van der Waals surface area contributed by atoms with Gasteiger partial charge in [0.25, 0.3) is 0 Å². The highest BCUT2D eigenvalue weighted by Gasteiger charge is 2.15. The first kappa shape index (κ1) is 18.0. The van der Waals surface area contributed by atoms with Crippen LogP contribution >= 0.6 is 0 Å². The summed E-state index contributed by atoms with van der Waals surface area (Å²) in [5.41, 5.74) is 0.699. The van der Waals surface area contributed by atoms with Gasteiger partial charge >= 0.3 is 11.9 Å². The first-order valence-electron chi connectivity index (χ1n) is 7.81. The average molecular weight is 307 g/mol. The van der Waals surface area contributed by atoms with Crippen LogP contribution in [0.1, 0.15) is 39.0 Å². The Labute approximate surface area is 131 Å². The molecule has 0 amide bonds. The van der Waals surface area contributed by atoms with Crippen molar-refractivity contribution in [2.75, 3.05) is 24.6 Å². The van der Waals surface area contributed by atoms with E-state index >= 15 is 0 Å². The fourth-order valence-corrected chi connectivity index (χ4v) is 2.13. The van der Waals surface area contributed by atoms with Gasteiger partial charge in [-0.1, -0.05) is 50.8 Å². The van der Waals surface area contributed by atoms with Gasteiger partial charge in [0.05, 0.1) is 6.61 Å². The van der Waals surface area contributed by atoms with Crippen LogP contribution in [0.3, 0.4) is 0 Å². The van der Waals surface area contributed by atoms with Crippen molar-refractivity contribution in [2.24, 2.45) is 0 Å². The molecule has 0 aliphatic heterocycles. The summed E-state index contributed by atoms with van der Waals surface area (Å²) >= 11 is 0. The van der Waals surface area contributed by atoms with E-state index < -0.39 is 5.97 Å². The van der Waals surface area contributed by atoms with Crippen molar-refractivity contribution < 1.29 is 19.4 Å². The molecule has 0 unspecified atom stereocenters. The van der Waals surface area contributed by atoms with Crippen LogP contribution in [-0.4, -0.2) is 36.7 Å². The normalized spacial score (nSPS) is 10.2. The summed E-state index contributed by atoms with van der Waals surface area (Å²) in [5, 5.41) is 8.96. The number of benzene rings is 1. The van der Waals surface area contributed by atoms with E-state index in [4.69, 9.17) is 9.84 Å². The molecule has 5 heteroatoms. The summed E-state index contributed by atoms with van der Waals surface area (Å²) in [6.45, 7) is 2.28. The van der Waals surface area contributed by atoms with Crippen LogP contribution in [0.2, 0.25) is 0 Å². The molecule has 0 atom stereocenters. The molecular weight excluding hydrogens is 282 g/mol. The first-order chi connectivity index (χ1) is 10.6.